The van der Waals surface area contributed by atoms with E-state index in [0.29, 0.717) is 10.7 Å². The lowest BCUT2D eigenvalue weighted by atomic mass is 10.1. The molecule has 0 heterocycles. The second-order valence-corrected chi connectivity index (χ2v) is 7.29. The SMILES string of the molecule is COC(=O)CN(c1ccc(Cl)cc1)[C@H](C)C(=O)OC/C=C(\C)CCC=C(C)C. The maximum Gasteiger partial charge on any atom is 0.328 e. The van der Waals surface area contributed by atoms with E-state index in [1.165, 1.54) is 18.3 Å². The van der Waals surface area contributed by atoms with Crippen LogP contribution in [-0.2, 0) is 19.1 Å². The summed E-state index contributed by atoms with van der Waals surface area (Å²) in [6.07, 6.45) is 5.99. The van der Waals surface area contributed by atoms with Crippen LogP contribution in [0.4, 0.5) is 5.69 Å². The number of carbonyl (C=O) groups excluding carboxylic acids is 2. The lowest BCUT2D eigenvalue weighted by Gasteiger charge is -2.28. The van der Waals surface area contributed by atoms with Gasteiger partial charge in [0.1, 0.15) is 19.2 Å². The van der Waals surface area contributed by atoms with Crippen molar-refractivity contribution in [2.45, 2.75) is 46.6 Å². The molecular formula is C22H30ClNO4. The monoisotopic (exact) mass is 407 g/mol. The summed E-state index contributed by atoms with van der Waals surface area (Å²) in [5.74, 6) is -0.850. The van der Waals surface area contributed by atoms with E-state index in [4.69, 9.17) is 21.1 Å². The Morgan fingerprint density at radius 1 is 1.14 bits per heavy atom. The van der Waals surface area contributed by atoms with Crippen LogP contribution in [0.3, 0.4) is 0 Å². The van der Waals surface area contributed by atoms with Crippen LogP contribution in [0.15, 0.2) is 47.6 Å². The number of anilines is 1. The number of ether oxygens (including phenoxy) is 2. The summed E-state index contributed by atoms with van der Waals surface area (Å²) in [7, 11) is 1.31. The number of hydrogen-bond acceptors (Lipinski definition) is 5. The van der Waals surface area contributed by atoms with Gasteiger partial charge in [-0.25, -0.2) is 4.79 Å². The Labute approximate surface area is 173 Å². The minimum atomic E-state index is -0.653. The number of halogens is 1. The first-order valence-corrected chi connectivity index (χ1v) is 9.67. The van der Waals surface area contributed by atoms with Gasteiger partial charge in [0, 0.05) is 10.7 Å². The number of methoxy groups -OCH3 is 1. The molecular weight excluding hydrogens is 378 g/mol. The van der Waals surface area contributed by atoms with Crippen molar-refractivity contribution in [1.29, 1.82) is 0 Å². The van der Waals surface area contributed by atoms with E-state index in [0.717, 1.165) is 12.8 Å². The van der Waals surface area contributed by atoms with Crippen LogP contribution >= 0.6 is 11.6 Å². The summed E-state index contributed by atoms with van der Waals surface area (Å²) in [4.78, 5) is 25.9. The van der Waals surface area contributed by atoms with Gasteiger partial charge in [-0.15, -0.1) is 0 Å². The van der Waals surface area contributed by atoms with Crippen LogP contribution in [-0.4, -0.2) is 38.2 Å². The number of carbonyl (C=O) groups is 2. The maximum absolute atomic E-state index is 12.5. The maximum atomic E-state index is 12.5. The third-order valence-electron chi connectivity index (χ3n) is 4.24. The Balaban J connectivity index is 2.72. The van der Waals surface area contributed by atoms with Crippen LogP contribution in [0.1, 0.15) is 40.5 Å². The van der Waals surface area contributed by atoms with Crippen molar-refractivity contribution in [1.82, 2.24) is 0 Å². The number of allylic oxidation sites excluding steroid dienone is 3. The normalized spacial score (nSPS) is 12.1. The van der Waals surface area contributed by atoms with Crippen LogP contribution in [0.25, 0.3) is 0 Å². The Bertz CT molecular complexity index is 706. The summed E-state index contributed by atoms with van der Waals surface area (Å²) in [6.45, 7) is 8.01. The first-order valence-electron chi connectivity index (χ1n) is 9.29. The Kier molecular flexibility index (Phi) is 10.4. The lowest BCUT2D eigenvalue weighted by molar-refractivity contribution is -0.144. The van der Waals surface area contributed by atoms with E-state index in [1.54, 1.807) is 36.1 Å². The largest absolute Gasteiger partial charge is 0.468 e. The second-order valence-electron chi connectivity index (χ2n) is 6.86. The first kappa shape index (κ1) is 23.8. The molecule has 0 unspecified atom stereocenters. The molecule has 0 saturated carbocycles. The zero-order valence-corrected chi connectivity index (χ0v) is 18.1. The van der Waals surface area contributed by atoms with Crippen molar-refractivity contribution in [2.24, 2.45) is 0 Å². The number of rotatable bonds is 10. The average molecular weight is 408 g/mol. The molecule has 1 aromatic carbocycles. The van der Waals surface area contributed by atoms with Gasteiger partial charge in [-0.05, 0) is 70.9 Å². The lowest BCUT2D eigenvalue weighted by Crippen LogP contribution is -2.43. The summed E-state index contributed by atoms with van der Waals surface area (Å²) in [5.41, 5.74) is 3.15. The highest BCUT2D eigenvalue weighted by atomic mass is 35.5. The average Bonchev–Trinajstić information content (AvgIpc) is 2.65. The van der Waals surface area contributed by atoms with Gasteiger partial charge in [-0.3, -0.25) is 4.79 Å². The minimum absolute atomic E-state index is 0.0635. The van der Waals surface area contributed by atoms with Gasteiger partial charge < -0.3 is 14.4 Å². The fourth-order valence-electron chi connectivity index (χ4n) is 2.49. The van der Waals surface area contributed by atoms with Crippen LogP contribution in [0, 0.1) is 0 Å². The van der Waals surface area contributed by atoms with E-state index < -0.39 is 18.0 Å². The molecule has 0 amide bonds. The molecule has 154 valence electrons. The quantitative estimate of drug-likeness (QED) is 0.406. The zero-order valence-electron chi connectivity index (χ0n) is 17.3. The zero-order chi connectivity index (χ0) is 21.1. The van der Waals surface area contributed by atoms with Crippen LogP contribution in [0.5, 0.6) is 0 Å². The van der Waals surface area contributed by atoms with Crippen molar-refractivity contribution >= 4 is 29.2 Å². The fraction of sp³-hybridized carbons (Fsp3) is 0.455. The molecule has 0 saturated heterocycles. The molecule has 0 bridgehead atoms. The summed E-state index contributed by atoms with van der Waals surface area (Å²) in [6, 6.07) is 6.26. The second kappa shape index (κ2) is 12.2. The molecule has 6 heteroatoms. The van der Waals surface area contributed by atoms with Gasteiger partial charge in [0.2, 0.25) is 0 Å². The Morgan fingerprint density at radius 3 is 2.36 bits per heavy atom. The Morgan fingerprint density at radius 2 is 1.79 bits per heavy atom. The van der Waals surface area contributed by atoms with Crippen molar-refractivity contribution in [3.8, 4) is 0 Å². The highest BCUT2D eigenvalue weighted by Gasteiger charge is 2.25. The Hall–Kier alpha value is -2.27. The molecule has 1 atom stereocenters. The van der Waals surface area contributed by atoms with Gasteiger partial charge in [-0.2, -0.15) is 0 Å². The number of nitrogens with zero attached hydrogens (tertiary/aromatic N) is 1. The molecule has 0 fully saturated rings. The number of hydrogen-bond donors (Lipinski definition) is 0. The third kappa shape index (κ3) is 8.61. The molecule has 0 aliphatic heterocycles. The summed E-state index contributed by atoms with van der Waals surface area (Å²) < 4.78 is 10.1. The highest BCUT2D eigenvalue weighted by Crippen LogP contribution is 2.21. The molecule has 0 aromatic heterocycles. The minimum Gasteiger partial charge on any atom is -0.468 e. The molecule has 1 rings (SSSR count). The molecule has 1 aromatic rings. The smallest absolute Gasteiger partial charge is 0.328 e. The van der Waals surface area contributed by atoms with Crippen molar-refractivity contribution in [3.05, 3.63) is 52.6 Å². The standard InChI is InChI=1S/C22H30ClNO4/c1-16(2)7-6-8-17(3)13-14-28-22(26)18(4)24(15-21(25)27-5)20-11-9-19(23)10-12-20/h7,9-13,18H,6,8,14-15H2,1-5H3/b17-13+/t18-/m1/s1. The van der Waals surface area contributed by atoms with Gasteiger partial charge >= 0.3 is 11.9 Å². The molecule has 0 aliphatic carbocycles. The van der Waals surface area contributed by atoms with E-state index in [1.807, 2.05) is 13.0 Å². The summed E-state index contributed by atoms with van der Waals surface area (Å²) in [5, 5.41) is 0.575. The molecule has 0 N–H and O–H groups in total. The molecule has 0 aliphatic rings. The van der Waals surface area contributed by atoms with E-state index in [2.05, 4.69) is 19.9 Å². The molecule has 5 nitrogen and oxygen atoms in total. The van der Waals surface area contributed by atoms with Crippen LogP contribution in [0.2, 0.25) is 5.02 Å². The predicted octanol–water partition coefficient (Wildman–Crippen LogP) is 4.94. The first-order chi connectivity index (χ1) is 13.2. The predicted molar refractivity (Wildman–Crippen MR) is 114 cm³/mol. The summed E-state index contributed by atoms with van der Waals surface area (Å²) >= 11 is 5.93. The third-order valence-corrected chi connectivity index (χ3v) is 4.49. The van der Waals surface area contributed by atoms with E-state index >= 15 is 0 Å². The van der Waals surface area contributed by atoms with E-state index in [9.17, 15) is 9.59 Å². The highest BCUT2D eigenvalue weighted by molar-refractivity contribution is 6.30. The van der Waals surface area contributed by atoms with E-state index in [-0.39, 0.29) is 13.2 Å². The van der Waals surface area contributed by atoms with Crippen LogP contribution < -0.4 is 4.90 Å². The van der Waals surface area contributed by atoms with Gasteiger partial charge in [0.05, 0.1) is 7.11 Å². The van der Waals surface area contributed by atoms with Crippen molar-refractivity contribution < 1.29 is 19.1 Å². The number of esters is 2. The van der Waals surface area contributed by atoms with Crippen molar-refractivity contribution in [2.75, 3.05) is 25.2 Å². The molecule has 28 heavy (non-hydrogen) atoms. The topological polar surface area (TPSA) is 55.8 Å². The molecule has 0 spiro atoms. The molecule has 0 radical (unpaired) electrons. The number of benzene rings is 1. The fourth-order valence-corrected chi connectivity index (χ4v) is 2.62. The van der Waals surface area contributed by atoms with Crippen molar-refractivity contribution in [3.63, 3.8) is 0 Å². The van der Waals surface area contributed by atoms with Gasteiger partial charge in [0.25, 0.3) is 0 Å². The van der Waals surface area contributed by atoms with Gasteiger partial charge in [-0.1, -0.05) is 28.8 Å². The van der Waals surface area contributed by atoms with Gasteiger partial charge in [0.15, 0.2) is 0 Å².